The number of rotatable bonds is 5. The molecule has 0 saturated carbocycles. The number of anilines is 1. The van der Waals surface area contributed by atoms with E-state index in [0.29, 0.717) is 22.6 Å². The molecule has 33 heavy (non-hydrogen) atoms. The predicted molar refractivity (Wildman–Crippen MR) is 126 cm³/mol. The second-order valence-electron chi connectivity index (χ2n) is 7.89. The van der Waals surface area contributed by atoms with Crippen molar-refractivity contribution in [2.45, 2.75) is 37.4 Å². The van der Waals surface area contributed by atoms with Crippen LogP contribution in [0.2, 0.25) is 0 Å². The number of nitrogens with zero attached hydrogens (tertiary/aromatic N) is 5. The minimum atomic E-state index is -0.390. The van der Waals surface area contributed by atoms with Gasteiger partial charge in [-0.15, -0.1) is 10.2 Å². The van der Waals surface area contributed by atoms with Crippen LogP contribution < -0.4 is 5.32 Å². The van der Waals surface area contributed by atoms with Crippen LogP contribution in [0.25, 0.3) is 17.1 Å². The van der Waals surface area contributed by atoms with Gasteiger partial charge in [-0.3, -0.25) is 9.36 Å². The summed E-state index contributed by atoms with van der Waals surface area (Å²) in [6.07, 6.45) is 9.58. The van der Waals surface area contributed by atoms with Crippen molar-refractivity contribution in [2.24, 2.45) is 0 Å². The van der Waals surface area contributed by atoms with Gasteiger partial charge in [-0.05, 0) is 55.5 Å². The van der Waals surface area contributed by atoms with Gasteiger partial charge in [-0.1, -0.05) is 24.2 Å². The van der Waals surface area contributed by atoms with E-state index in [1.807, 2.05) is 33.7 Å². The van der Waals surface area contributed by atoms with Crippen molar-refractivity contribution in [1.82, 2.24) is 24.3 Å². The second-order valence-corrected chi connectivity index (χ2v) is 8.66. The molecular weight excluding hydrogens is 439 g/mol. The molecule has 2 aromatic heterocycles. The predicted octanol–water partition coefficient (Wildman–Crippen LogP) is 4.97. The second kappa shape index (κ2) is 9.19. The number of hydrogen-bond donors (Lipinski definition) is 1. The van der Waals surface area contributed by atoms with E-state index < -0.39 is 0 Å². The van der Waals surface area contributed by atoms with Gasteiger partial charge in [0, 0.05) is 42.3 Å². The Balaban J connectivity index is 1.41. The van der Waals surface area contributed by atoms with Crippen molar-refractivity contribution in [3.05, 3.63) is 72.1 Å². The van der Waals surface area contributed by atoms with E-state index in [0.717, 1.165) is 48.9 Å². The molecule has 9 heteroatoms. The van der Waals surface area contributed by atoms with E-state index in [2.05, 4.69) is 20.5 Å². The molecule has 2 aromatic carbocycles. The number of carbonyl (C=O) groups is 1. The van der Waals surface area contributed by atoms with Crippen LogP contribution in [-0.2, 0) is 13.0 Å². The standard InChI is InChI=1S/C24H23FN6OS/c1-33-24-26-11-13-30(24)18-7-5-6-16(14-18)23(32)27-17-9-10-20(25)19(15-17)22-29-28-21-8-3-2-4-12-31(21)22/h5-7,9-11,13-15H,2-4,8,12H2,1H3,(H,27,32). The Morgan fingerprint density at radius 3 is 2.91 bits per heavy atom. The molecule has 1 aliphatic heterocycles. The van der Waals surface area contributed by atoms with Crippen LogP contribution in [0.4, 0.5) is 10.1 Å². The first kappa shape index (κ1) is 21.4. The molecule has 4 aromatic rings. The van der Waals surface area contributed by atoms with Gasteiger partial charge in [0.05, 0.1) is 5.56 Å². The Labute approximate surface area is 195 Å². The summed E-state index contributed by atoms with van der Waals surface area (Å²) in [6.45, 7) is 0.771. The topological polar surface area (TPSA) is 77.6 Å². The van der Waals surface area contributed by atoms with Crippen LogP contribution in [0, 0.1) is 5.82 Å². The molecule has 0 aliphatic carbocycles. The third-order valence-electron chi connectivity index (χ3n) is 5.75. The SMILES string of the molecule is CSc1nccn1-c1cccc(C(=O)Nc2ccc(F)c(-c3nnc4n3CCCCC4)c2)c1. The Kier molecular flexibility index (Phi) is 5.95. The number of thioether (sulfide) groups is 1. The highest BCUT2D eigenvalue weighted by molar-refractivity contribution is 7.98. The summed E-state index contributed by atoms with van der Waals surface area (Å²) in [5.74, 6) is 0.726. The lowest BCUT2D eigenvalue weighted by molar-refractivity contribution is 0.102. The lowest BCUT2D eigenvalue weighted by Gasteiger charge is -2.11. The minimum Gasteiger partial charge on any atom is -0.322 e. The number of aryl methyl sites for hydroxylation is 1. The van der Waals surface area contributed by atoms with E-state index in [9.17, 15) is 9.18 Å². The number of amides is 1. The largest absolute Gasteiger partial charge is 0.322 e. The highest BCUT2D eigenvalue weighted by Gasteiger charge is 2.19. The number of nitrogens with one attached hydrogen (secondary N) is 1. The van der Waals surface area contributed by atoms with Crippen LogP contribution in [0.15, 0.2) is 60.0 Å². The molecule has 7 nitrogen and oxygen atoms in total. The maximum atomic E-state index is 14.7. The molecule has 1 N–H and O–H groups in total. The van der Waals surface area contributed by atoms with Gasteiger partial charge >= 0.3 is 0 Å². The van der Waals surface area contributed by atoms with Crippen molar-refractivity contribution in [3.63, 3.8) is 0 Å². The molecule has 0 bridgehead atoms. The Bertz CT molecular complexity index is 1310. The average molecular weight is 463 g/mol. The molecule has 3 heterocycles. The Hall–Kier alpha value is -3.46. The first-order valence-corrected chi connectivity index (χ1v) is 12.1. The maximum absolute atomic E-state index is 14.7. The molecule has 0 unspecified atom stereocenters. The zero-order valence-corrected chi connectivity index (χ0v) is 19.0. The molecule has 0 atom stereocenters. The minimum absolute atomic E-state index is 0.278. The Morgan fingerprint density at radius 2 is 2.03 bits per heavy atom. The van der Waals surface area contributed by atoms with Crippen LogP contribution in [0.1, 0.15) is 35.4 Å². The van der Waals surface area contributed by atoms with E-state index in [-0.39, 0.29) is 11.7 Å². The molecular formula is C24H23FN6OS. The molecule has 0 radical (unpaired) electrons. The summed E-state index contributed by atoms with van der Waals surface area (Å²) in [7, 11) is 0. The van der Waals surface area contributed by atoms with Crippen molar-refractivity contribution >= 4 is 23.4 Å². The highest BCUT2D eigenvalue weighted by Crippen LogP contribution is 2.28. The number of aromatic nitrogens is 5. The van der Waals surface area contributed by atoms with Crippen molar-refractivity contribution in [3.8, 4) is 17.1 Å². The molecule has 0 spiro atoms. The summed E-state index contributed by atoms with van der Waals surface area (Å²) in [6, 6.07) is 11.8. The van der Waals surface area contributed by atoms with Gasteiger partial charge in [-0.25, -0.2) is 9.37 Å². The molecule has 1 aliphatic rings. The average Bonchev–Trinajstić information content (AvgIpc) is 3.41. The molecule has 1 amide bonds. The number of fused-ring (bicyclic) bond motifs is 1. The zero-order chi connectivity index (χ0) is 22.8. The highest BCUT2D eigenvalue weighted by atomic mass is 32.2. The Morgan fingerprint density at radius 1 is 1.12 bits per heavy atom. The van der Waals surface area contributed by atoms with E-state index in [1.54, 1.807) is 30.5 Å². The van der Waals surface area contributed by atoms with E-state index in [1.165, 1.54) is 17.8 Å². The molecule has 168 valence electrons. The maximum Gasteiger partial charge on any atom is 0.255 e. The van der Waals surface area contributed by atoms with Crippen LogP contribution in [0.5, 0.6) is 0 Å². The summed E-state index contributed by atoms with van der Waals surface area (Å²) in [4.78, 5) is 17.3. The first-order chi connectivity index (χ1) is 16.1. The molecule has 5 rings (SSSR count). The summed E-state index contributed by atoms with van der Waals surface area (Å²) in [5.41, 5.74) is 2.18. The number of hydrogen-bond acceptors (Lipinski definition) is 5. The van der Waals surface area contributed by atoms with Gasteiger partial charge in [-0.2, -0.15) is 0 Å². The van der Waals surface area contributed by atoms with Gasteiger partial charge in [0.25, 0.3) is 5.91 Å². The summed E-state index contributed by atoms with van der Waals surface area (Å²) < 4.78 is 18.7. The number of imidazole rings is 1. The van der Waals surface area contributed by atoms with Gasteiger partial charge in [0.1, 0.15) is 11.6 Å². The number of carbonyl (C=O) groups excluding carboxylic acids is 1. The van der Waals surface area contributed by atoms with Crippen LogP contribution in [-0.4, -0.2) is 36.5 Å². The summed E-state index contributed by atoms with van der Waals surface area (Å²) >= 11 is 1.53. The smallest absolute Gasteiger partial charge is 0.255 e. The third kappa shape index (κ3) is 4.28. The van der Waals surface area contributed by atoms with Crippen LogP contribution in [0.3, 0.4) is 0 Å². The number of halogens is 1. The lowest BCUT2D eigenvalue weighted by Crippen LogP contribution is -2.13. The van der Waals surface area contributed by atoms with Crippen LogP contribution >= 0.6 is 11.8 Å². The van der Waals surface area contributed by atoms with Gasteiger partial charge in [0.2, 0.25) is 0 Å². The van der Waals surface area contributed by atoms with Crippen molar-refractivity contribution < 1.29 is 9.18 Å². The zero-order valence-electron chi connectivity index (χ0n) is 18.2. The first-order valence-electron chi connectivity index (χ1n) is 10.8. The quantitative estimate of drug-likeness (QED) is 0.424. The fraction of sp³-hybridized carbons (Fsp3) is 0.250. The van der Waals surface area contributed by atoms with Crippen molar-refractivity contribution in [2.75, 3.05) is 11.6 Å². The molecule has 0 saturated heterocycles. The lowest BCUT2D eigenvalue weighted by atomic mass is 10.1. The number of benzene rings is 2. The summed E-state index contributed by atoms with van der Waals surface area (Å²) in [5, 5.41) is 12.2. The van der Waals surface area contributed by atoms with E-state index >= 15 is 0 Å². The van der Waals surface area contributed by atoms with E-state index in [4.69, 9.17) is 0 Å². The fourth-order valence-corrected chi connectivity index (χ4v) is 4.63. The third-order valence-corrected chi connectivity index (χ3v) is 6.42. The fourth-order valence-electron chi connectivity index (χ4n) is 4.10. The van der Waals surface area contributed by atoms with Crippen molar-refractivity contribution in [1.29, 1.82) is 0 Å². The normalized spacial score (nSPS) is 13.4. The monoisotopic (exact) mass is 462 g/mol. The van der Waals surface area contributed by atoms with Gasteiger partial charge < -0.3 is 9.88 Å². The van der Waals surface area contributed by atoms with Gasteiger partial charge in [0.15, 0.2) is 11.0 Å². The molecule has 0 fully saturated rings.